The van der Waals surface area contributed by atoms with Crippen LogP contribution in [0.25, 0.3) is 0 Å². The number of hydrogen-bond acceptors (Lipinski definition) is 5. The molecule has 0 spiro atoms. The van der Waals surface area contributed by atoms with Crippen LogP contribution in [0, 0.1) is 13.8 Å². The number of carbonyl (C=O) groups excluding carboxylic acids is 3. The van der Waals surface area contributed by atoms with Gasteiger partial charge in [0, 0.05) is 15.7 Å². The molecule has 32 heavy (non-hydrogen) atoms. The maximum absolute atomic E-state index is 12.5. The number of rotatable bonds is 5. The Morgan fingerprint density at radius 1 is 0.938 bits per heavy atom. The number of carbonyl (C=O) groups is 3. The van der Waals surface area contributed by atoms with E-state index in [4.69, 9.17) is 4.74 Å². The van der Waals surface area contributed by atoms with Crippen LogP contribution in [0.3, 0.4) is 0 Å². The first-order chi connectivity index (χ1) is 15.3. The van der Waals surface area contributed by atoms with Gasteiger partial charge in [-0.1, -0.05) is 46.3 Å². The summed E-state index contributed by atoms with van der Waals surface area (Å²) in [4.78, 5) is 36.6. The van der Waals surface area contributed by atoms with Gasteiger partial charge in [0.2, 0.25) is 0 Å². The summed E-state index contributed by atoms with van der Waals surface area (Å²) in [5.41, 5.74) is 5.29. The van der Waals surface area contributed by atoms with E-state index in [1.165, 1.54) is 6.21 Å². The number of hydrazone groups is 1. The van der Waals surface area contributed by atoms with Crippen molar-refractivity contribution in [2.75, 3.05) is 5.32 Å². The molecule has 162 valence electrons. The van der Waals surface area contributed by atoms with Gasteiger partial charge in [-0.05, 0) is 61.4 Å². The summed E-state index contributed by atoms with van der Waals surface area (Å²) < 4.78 is 6.24. The molecule has 3 aromatic rings. The molecule has 3 aromatic carbocycles. The lowest BCUT2D eigenvalue weighted by Crippen LogP contribution is -2.32. The molecule has 0 heterocycles. The van der Waals surface area contributed by atoms with E-state index >= 15 is 0 Å². The van der Waals surface area contributed by atoms with Crippen molar-refractivity contribution in [3.8, 4) is 5.75 Å². The third kappa shape index (κ3) is 6.12. The van der Waals surface area contributed by atoms with E-state index in [1.807, 2.05) is 32.0 Å². The van der Waals surface area contributed by atoms with Gasteiger partial charge >= 0.3 is 17.8 Å². The summed E-state index contributed by atoms with van der Waals surface area (Å²) in [6.45, 7) is 3.69. The van der Waals surface area contributed by atoms with Crippen LogP contribution in [-0.2, 0) is 9.59 Å². The maximum atomic E-state index is 12.5. The zero-order valence-electron chi connectivity index (χ0n) is 17.4. The van der Waals surface area contributed by atoms with Crippen LogP contribution in [0.4, 0.5) is 5.69 Å². The number of benzene rings is 3. The van der Waals surface area contributed by atoms with Gasteiger partial charge < -0.3 is 10.1 Å². The van der Waals surface area contributed by atoms with Crippen LogP contribution < -0.4 is 15.5 Å². The minimum atomic E-state index is -0.934. The summed E-state index contributed by atoms with van der Waals surface area (Å²) >= 11 is 3.35. The van der Waals surface area contributed by atoms with Crippen molar-refractivity contribution in [3.05, 3.63) is 93.5 Å². The lowest BCUT2D eigenvalue weighted by Gasteiger charge is -2.09. The quantitative estimate of drug-likeness (QED) is 0.181. The van der Waals surface area contributed by atoms with Crippen LogP contribution in [0.15, 0.2) is 76.3 Å². The van der Waals surface area contributed by atoms with Crippen LogP contribution in [0.5, 0.6) is 5.75 Å². The topological polar surface area (TPSA) is 96.9 Å². The van der Waals surface area contributed by atoms with Crippen molar-refractivity contribution in [1.29, 1.82) is 0 Å². The fraction of sp³-hybridized carbons (Fsp3) is 0.0833. The predicted octanol–water partition coefficient (Wildman–Crippen LogP) is 4.37. The Balaban J connectivity index is 1.68. The Bertz CT molecular complexity index is 1210. The van der Waals surface area contributed by atoms with E-state index in [1.54, 1.807) is 48.5 Å². The number of anilines is 1. The second-order valence-corrected chi connectivity index (χ2v) is 7.82. The van der Waals surface area contributed by atoms with E-state index in [9.17, 15) is 14.4 Å². The molecule has 0 radical (unpaired) electrons. The molecule has 7 nitrogen and oxygen atoms in total. The molecule has 3 rings (SSSR count). The lowest BCUT2D eigenvalue weighted by molar-refractivity contribution is -0.136. The molecule has 0 aromatic heterocycles. The summed E-state index contributed by atoms with van der Waals surface area (Å²) in [7, 11) is 0. The molecule has 0 fully saturated rings. The first-order valence-corrected chi connectivity index (χ1v) is 10.4. The van der Waals surface area contributed by atoms with Gasteiger partial charge in [0.15, 0.2) is 0 Å². The van der Waals surface area contributed by atoms with Crippen LogP contribution in [0.2, 0.25) is 0 Å². The van der Waals surface area contributed by atoms with Crippen molar-refractivity contribution in [2.24, 2.45) is 5.10 Å². The fourth-order valence-corrected chi connectivity index (χ4v) is 3.17. The molecule has 0 aliphatic carbocycles. The van der Waals surface area contributed by atoms with Crippen molar-refractivity contribution in [2.45, 2.75) is 13.8 Å². The van der Waals surface area contributed by atoms with Gasteiger partial charge in [0.1, 0.15) is 5.75 Å². The molecule has 2 amide bonds. The zero-order chi connectivity index (χ0) is 23.1. The summed E-state index contributed by atoms with van der Waals surface area (Å²) in [6, 6.07) is 19.1. The molecule has 8 heteroatoms. The molecule has 0 saturated heterocycles. The van der Waals surface area contributed by atoms with Gasteiger partial charge in [-0.15, -0.1) is 0 Å². The average Bonchev–Trinajstić information content (AvgIpc) is 2.75. The molecule has 0 atom stereocenters. The summed E-state index contributed by atoms with van der Waals surface area (Å²) in [5.74, 6) is -2.05. The Morgan fingerprint density at radius 2 is 1.72 bits per heavy atom. The molecule has 0 aliphatic rings. The number of halogens is 1. The number of aryl methyl sites for hydroxylation is 2. The second kappa shape index (κ2) is 10.5. The normalized spacial score (nSPS) is 10.6. The standard InChI is InChI=1S/C24H20BrN3O4/c1-15-6-5-8-19(12-15)27-22(29)23(30)28-26-14-17-13-18(25)10-11-21(17)32-24(31)20-9-4-3-7-16(20)2/h3-14H,1-2H3,(H,27,29)(H,28,30)/b26-14-. The number of ether oxygens (including phenoxy) is 1. The summed E-state index contributed by atoms with van der Waals surface area (Å²) in [6.07, 6.45) is 1.29. The molecule has 0 saturated carbocycles. The predicted molar refractivity (Wildman–Crippen MR) is 126 cm³/mol. The number of nitrogens with zero attached hydrogens (tertiary/aromatic N) is 1. The Labute approximate surface area is 193 Å². The van der Waals surface area contributed by atoms with Crippen LogP contribution >= 0.6 is 15.9 Å². The van der Waals surface area contributed by atoms with Gasteiger partial charge in [-0.3, -0.25) is 9.59 Å². The largest absolute Gasteiger partial charge is 0.422 e. The highest BCUT2D eigenvalue weighted by Crippen LogP contribution is 2.23. The highest BCUT2D eigenvalue weighted by Gasteiger charge is 2.15. The van der Waals surface area contributed by atoms with Gasteiger partial charge in [-0.25, -0.2) is 10.2 Å². The third-order valence-electron chi connectivity index (χ3n) is 4.39. The monoisotopic (exact) mass is 493 g/mol. The average molecular weight is 494 g/mol. The van der Waals surface area contributed by atoms with Crippen molar-refractivity contribution in [1.82, 2.24) is 5.43 Å². The third-order valence-corrected chi connectivity index (χ3v) is 4.88. The first kappa shape index (κ1) is 22.9. The highest BCUT2D eigenvalue weighted by atomic mass is 79.9. The molecule has 0 bridgehead atoms. The van der Waals surface area contributed by atoms with Gasteiger partial charge in [0.05, 0.1) is 11.8 Å². The van der Waals surface area contributed by atoms with Crippen molar-refractivity contribution < 1.29 is 19.1 Å². The number of amides is 2. The Hall–Kier alpha value is -3.78. The summed E-state index contributed by atoms with van der Waals surface area (Å²) in [5, 5.41) is 6.32. The number of hydrogen-bond donors (Lipinski definition) is 2. The SMILES string of the molecule is Cc1cccc(NC(=O)C(=O)N/N=C\c2cc(Br)ccc2OC(=O)c2ccccc2C)c1. The Kier molecular flexibility index (Phi) is 7.51. The zero-order valence-corrected chi connectivity index (χ0v) is 19.0. The van der Waals surface area contributed by atoms with E-state index in [-0.39, 0.29) is 5.75 Å². The Morgan fingerprint density at radius 3 is 2.47 bits per heavy atom. The van der Waals surface area contributed by atoms with Crippen LogP contribution in [-0.4, -0.2) is 24.0 Å². The van der Waals surface area contributed by atoms with Crippen molar-refractivity contribution in [3.63, 3.8) is 0 Å². The minimum absolute atomic E-state index is 0.253. The molecule has 2 N–H and O–H groups in total. The first-order valence-electron chi connectivity index (χ1n) is 9.62. The maximum Gasteiger partial charge on any atom is 0.343 e. The van der Waals surface area contributed by atoms with E-state index in [0.717, 1.165) is 15.6 Å². The van der Waals surface area contributed by atoms with Gasteiger partial charge in [0.25, 0.3) is 0 Å². The number of nitrogens with one attached hydrogen (secondary N) is 2. The van der Waals surface area contributed by atoms with Crippen LogP contribution in [0.1, 0.15) is 27.0 Å². The van der Waals surface area contributed by atoms with E-state index in [0.29, 0.717) is 16.8 Å². The highest BCUT2D eigenvalue weighted by molar-refractivity contribution is 9.10. The molecule has 0 unspecified atom stereocenters. The van der Waals surface area contributed by atoms with Gasteiger partial charge in [-0.2, -0.15) is 5.10 Å². The lowest BCUT2D eigenvalue weighted by atomic mass is 10.1. The van der Waals surface area contributed by atoms with Crippen molar-refractivity contribution >= 4 is 45.6 Å². The number of esters is 1. The smallest absolute Gasteiger partial charge is 0.343 e. The second-order valence-electron chi connectivity index (χ2n) is 6.91. The minimum Gasteiger partial charge on any atom is -0.422 e. The fourth-order valence-electron chi connectivity index (χ4n) is 2.79. The molecular weight excluding hydrogens is 474 g/mol. The van der Waals surface area contributed by atoms with E-state index < -0.39 is 17.8 Å². The van der Waals surface area contributed by atoms with E-state index in [2.05, 4.69) is 31.8 Å². The molecule has 0 aliphatic heterocycles. The molecular formula is C24H20BrN3O4.